The molecule has 0 rings (SSSR count). The van der Waals surface area contributed by atoms with E-state index in [1.165, 1.54) is 0 Å². The van der Waals surface area contributed by atoms with Crippen molar-refractivity contribution in [3.8, 4) is 0 Å². The summed E-state index contributed by atoms with van der Waals surface area (Å²) in [6.45, 7) is 5.61. The summed E-state index contributed by atoms with van der Waals surface area (Å²) < 4.78 is 21.3. The van der Waals surface area contributed by atoms with Gasteiger partial charge in [0.05, 0.1) is 12.2 Å². The Morgan fingerprint density at radius 3 is 2.30 bits per heavy atom. The second kappa shape index (κ2) is 4.63. The van der Waals surface area contributed by atoms with Crippen LogP contribution in [0.4, 0.5) is 4.39 Å². The van der Waals surface area contributed by atoms with Gasteiger partial charge in [0.1, 0.15) is 13.5 Å². The highest BCUT2D eigenvalue weighted by molar-refractivity contribution is 4.56. The molecule has 0 amide bonds. The quantitative estimate of drug-likeness (QED) is 0.449. The first-order valence-electron chi connectivity index (χ1n) is 3.34. The Kier molecular flexibility index (Phi) is 4.56. The predicted octanol–water partition coefficient (Wildman–Crippen LogP) is 1.75. The van der Waals surface area contributed by atoms with Gasteiger partial charge >= 0.3 is 0 Å². The Morgan fingerprint density at radius 2 is 1.90 bits per heavy atom. The monoisotopic (exact) mass is 150 g/mol. The van der Waals surface area contributed by atoms with Crippen LogP contribution in [0.15, 0.2) is 0 Å². The van der Waals surface area contributed by atoms with Crippen molar-refractivity contribution in [1.82, 2.24) is 0 Å². The van der Waals surface area contributed by atoms with Crippen LogP contribution in [-0.4, -0.2) is 25.7 Å². The molecule has 0 aliphatic heterocycles. The van der Waals surface area contributed by atoms with Gasteiger partial charge in [-0.15, -0.1) is 0 Å². The first-order valence-corrected chi connectivity index (χ1v) is 3.34. The smallest absolute Gasteiger partial charge is 0.147 e. The molecule has 0 aliphatic carbocycles. The highest BCUT2D eigenvalue weighted by atomic mass is 19.1. The molecule has 0 heterocycles. The highest BCUT2D eigenvalue weighted by Gasteiger charge is 2.08. The van der Waals surface area contributed by atoms with Crippen LogP contribution in [0.1, 0.15) is 20.8 Å². The molecular formula is C7H15FO2. The third-order valence-electron chi connectivity index (χ3n) is 0.797. The Morgan fingerprint density at radius 1 is 1.30 bits per heavy atom. The third-order valence-corrected chi connectivity index (χ3v) is 0.797. The summed E-state index contributed by atoms with van der Waals surface area (Å²) in [7, 11) is 0. The minimum Gasteiger partial charge on any atom is -0.353 e. The maximum absolute atomic E-state index is 11.4. The Bertz CT molecular complexity index is 78.2. The molecule has 0 bridgehead atoms. The van der Waals surface area contributed by atoms with E-state index in [2.05, 4.69) is 0 Å². The van der Waals surface area contributed by atoms with Crippen molar-refractivity contribution in [2.24, 2.45) is 0 Å². The standard InChI is InChI=1S/C7H15FO2/c1-7(2,3)10-6-9-5-4-8/h4-6H2,1-3H3. The third kappa shape index (κ3) is 7.85. The van der Waals surface area contributed by atoms with Crippen molar-refractivity contribution < 1.29 is 13.9 Å². The lowest BCUT2D eigenvalue weighted by atomic mass is 10.2. The molecule has 0 spiro atoms. The fourth-order valence-electron chi connectivity index (χ4n) is 0.332. The number of rotatable bonds is 4. The maximum Gasteiger partial charge on any atom is 0.147 e. The average molecular weight is 150 g/mol. The van der Waals surface area contributed by atoms with Gasteiger partial charge in [0.25, 0.3) is 0 Å². The maximum atomic E-state index is 11.4. The minimum atomic E-state index is -0.451. The van der Waals surface area contributed by atoms with Crippen molar-refractivity contribution in [1.29, 1.82) is 0 Å². The topological polar surface area (TPSA) is 18.5 Å². The van der Waals surface area contributed by atoms with Gasteiger partial charge < -0.3 is 9.47 Å². The number of halogens is 1. The number of alkyl halides is 1. The summed E-state index contributed by atoms with van der Waals surface area (Å²) >= 11 is 0. The Balaban J connectivity index is 3.04. The SMILES string of the molecule is CC(C)(C)OCOCCF. The molecular weight excluding hydrogens is 135 g/mol. The van der Waals surface area contributed by atoms with Crippen LogP contribution < -0.4 is 0 Å². The lowest BCUT2D eigenvalue weighted by Crippen LogP contribution is -2.21. The van der Waals surface area contributed by atoms with Crippen LogP contribution in [0, 0.1) is 0 Å². The molecule has 62 valence electrons. The summed E-state index contributed by atoms with van der Waals surface area (Å²) in [5, 5.41) is 0. The van der Waals surface area contributed by atoms with Gasteiger partial charge in [-0.3, -0.25) is 0 Å². The van der Waals surface area contributed by atoms with E-state index in [1.54, 1.807) is 0 Å². The number of ether oxygens (including phenoxy) is 2. The second-order valence-electron chi connectivity index (χ2n) is 2.97. The molecule has 0 N–H and O–H groups in total. The van der Waals surface area contributed by atoms with E-state index in [1.807, 2.05) is 20.8 Å². The number of hydrogen-bond acceptors (Lipinski definition) is 2. The lowest BCUT2D eigenvalue weighted by Gasteiger charge is -2.18. The number of hydrogen-bond donors (Lipinski definition) is 0. The van der Waals surface area contributed by atoms with Crippen LogP contribution in [0.2, 0.25) is 0 Å². The molecule has 0 fully saturated rings. The average Bonchev–Trinajstić information content (AvgIpc) is 1.78. The van der Waals surface area contributed by atoms with E-state index in [4.69, 9.17) is 9.47 Å². The van der Waals surface area contributed by atoms with Crippen LogP contribution >= 0.6 is 0 Å². The van der Waals surface area contributed by atoms with E-state index < -0.39 is 6.67 Å². The summed E-state index contributed by atoms with van der Waals surface area (Å²) in [4.78, 5) is 0. The van der Waals surface area contributed by atoms with E-state index in [0.29, 0.717) is 0 Å². The molecule has 0 radical (unpaired) electrons. The van der Waals surface area contributed by atoms with Crippen LogP contribution in [0.5, 0.6) is 0 Å². The Hall–Kier alpha value is -0.150. The van der Waals surface area contributed by atoms with Gasteiger partial charge in [-0.1, -0.05) is 0 Å². The van der Waals surface area contributed by atoms with Crippen molar-refractivity contribution >= 4 is 0 Å². The summed E-state index contributed by atoms with van der Waals surface area (Å²) in [6.07, 6.45) is 0. The van der Waals surface area contributed by atoms with E-state index in [9.17, 15) is 4.39 Å². The van der Waals surface area contributed by atoms with E-state index in [0.717, 1.165) is 0 Å². The molecule has 0 unspecified atom stereocenters. The summed E-state index contributed by atoms with van der Waals surface area (Å²) in [5.41, 5.74) is -0.198. The fourth-order valence-corrected chi connectivity index (χ4v) is 0.332. The zero-order chi connectivity index (χ0) is 8.04. The van der Waals surface area contributed by atoms with Gasteiger partial charge in [-0.2, -0.15) is 0 Å². The largest absolute Gasteiger partial charge is 0.353 e. The summed E-state index contributed by atoms with van der Waals surface area (Å²) in [5.74, 6) is 0. The molecule has 0 aromatic carbocycles. The van der Waals surface area contributed by atoms with Crippen molar-refractivity contribution in [2.45, 2.75) is 26.4 Å². The fraction of sp³-hybridized carbons (Fsp3) is 1.00. The second-order valence-corrected chi connectivity index (χ2v) is 2.97. The van der Waals surface area contributed by atoms with Crippen molar-refractivity contribution in [2.75, 3.05) is 20.1 Å². The molecule has 0 aromatic rings. The molecule has 2 nitrogen and oxygen atoms in total. The van der Waals surface area contributed by atoms with E-state index >= 15 is 0 Å². The zero-order valence-corrected chi connectivity index (χ0v) is 6.82. The summed E-state index contributed by atoms with van der Waals surface area (Å²) in [6, 6.07) is 0. The predicted molar refractivity (Wildman–Crippen MR) is 37.6 cm³/mol. The Labute approximate surface area is 61.3 Å². The first kappa shape index (κ1) is 9.85. The molecule has 0 aromatic heterocycles. The molecule has 0 saturated heterocycles. The van der Waals surface area contributed by atoms with Gasteiger partial charge in [0.2, 0.25) is 0 Å². The van der Waals surface area contributed by atoms with Crippen LogP contribution in [-0.2, 0) is 9.47 Å². The van der Waals surface area contributed by atoms with E-state index in [-0.39, 0.29) is 19.0 Å². The lowest BCUT2D eigenvalue weighted by molar-refractivity contribution is -0.121. The normalized spacial score (nSPS) is 12.0. The zero-order valence-electron chi connectivity index (χ0n) is 6.82. The molecule has 3 heteroatoms. The van der Waals surface area contributed by atoms with Crippen LogP contribution in [0.3, 0.4) is 0 Å². The van der Waals surface area contributed by atoms with Crippen LogP contribution in [0.25, 0.3) is 0 Å². The molecule has 10 heavy (non-hydrogen) atoms. The van der Waals surface area contributed by atoms with Gasteiger partial charge in [-0.05, 0) is 20.8 Å². The molecule has 0 saturated carbocycles. The molecule has 0 aliphatic rings. The van der Waals surface area contributed by atoms with Crippen molar-refractivity contribution in [3.05, 3.63) is 0 Å². The minimum absolute atomic E-state index is 0.121. The van der Waals surface area contributed by atoms with Gasteiger partial charge in [0, 0.05) is 0 Å². The first-order chi connectivity index (χ1) is 4.56. The van der Waals surface area contributed by atoms with Gasteiger partial charge in [0.15, 0.2) is 0 Å². The molecule has 0 atom stereocenters. The van der Waals surface area contributed by atoms with Gasteiger partial charge in [-0.25, -0.2) is 4.39 Å². The highest BCUT2D eigenvalue weighted by Crippen LogP contribution is 2.05. The van der Waals surface area contributed by atoms with Crippen molar-refractivity contribution in [3.63, 3.8) is 0 Å².